The molecule has 30 heavy (non-hydrogen) atoms. The zero-order valence-electron chi connectivity index (χ0n) is 16.1. The first kappa shape index (κ1) is 19.7. The average Bonchev–Trinajstić information content (AvgIpc) is 3.43. The Kier molecular flexibility index (Phi) is 5.76. The number of carbonyl (C=O) groups excluding carboxylic acids is 2. The number of carbonyl (C=O) groups is 2. The summed E-state index contributed by atoms with van der Waals surface area (Å²) in [5.41, 5.74) is 1.83. The lowest BCUT2D eigenvalue weighted by Crippen LogP contribution is -2.16. The van der Waals surface area contributed by atoms with E-state index in [1.807, 2.05) is 41.0 Å². The van der Waals surface area contributed by atoms with Gasteiger partial charge in [0, 0.05) is 11.3 Å². The number of rotatable bonds is 7. The van der Waals surface area contributed by atoms with Crippen molar-refractivity contribution < 1.29 is 14.0 Å². The molecule has 8 heteroatoms. The van der Waals surface area contributed by atoms with Gasteiger partial charge in [-0.1, -0.05) is 42.1 Å². The maximum Gasteiger partial charge on any atom is 0.234 e. The van der Waals surface area contributed by atoms with E-state index in [0.29, 0.717) is 28.0 Å². The van der Waals surface area contributed by atoms with Crippen LogP contribution in [-0.4, -0.2) is 32.2 Å². The molecule has 0 aliphatic heterocycles. The normalized spacial score (nSPS) is 10.7. The van der Waals surface area contributed by atoms with Gasteiger partial charge < -0.3 is 9.73 Å². The van der Waals surface area contributed by atoms with Crippen molar-refractivity contribution in [3.8, 4) is 17.3 Å². The van der Waals surface area contributed by atoms with Gasteiger partial charge in [0.2, 0.25) is 11.7 Å². The molecule has 2 heterocycles. The number of hydrogen-bond donors (Lipinski definition) is 1. The Morgan fingerprint density at radius 3 is 2.50 bits per heavy atom. The van der Waals surface area contributed by atoms with E-state index in [-0.39, 0.29) is 17.4 Å². The Hall–Kier alpha value is -3.65. The summed E-state index contributed by atoms with van der Waals surface area (Å²) in [5.74, 6) is 0.894. The summed E-state index contributed by atoms with van der Waals surface area (Å²) in [5, 5.41) is 11.9. The summed E-state index contributed by atoms with van der Waals surface area (Å²) < 4.78 is 7.34. The van der Waals surface area contributed by atoms with Gasteiger partial charge in [0.25, 0.3) is 0 Å². The molecule has 0 fully saturated rings. The number of nitrogens with one attached hydrogen (secondary N) is 1. The predicted octanol–water partition coefficient (Wildman–Crippen LogP) is 4.46. The van der Waals surface area contributed by atoms with E-state index in [1.54, 1.807) is 36.6 Å². The molecule has 150 valence electrons. The summed E-state index contributed by atoms with van der Waals surface area (Å²) in [7, 11) is 0. The number of anilines is 1. The number of furan rings is 1. The van der Waals surface area contributed by atoms with Gasteiger partial charge in [-0.15, -0.1) is 10.2 Å². The van der Waals surface area contributed by atoms with E-state index in [9.17, 15) is 9.59 Å². The molecule has 0 saturated carbocycles. The molecule has 2 aromatic carbocycles. The van der Waals surface area contributed by atoms with Crippen LogP contribution in [0.4, 0.5) is 5.69 Å². The highest BCUT2D eigenvalue weighted by atomic mass is 32.2. The van der Waals surface area contributed by atoms with E-state index >= 15 is 0 Å². The molecule has 0 spiro atoms. The van der Waals surface area contributed by atoms with Crippen molar-refractivity contribution in [2.75, 3.05) is 11.1 Å². The van der Waals surface area contributed by atoms with Gasteiger partial charge in [-0.2, -0.15) is 0 Å². The largest absolute Gasteiger partial charge is 0.461 e. The van der Waals surface area contributed by atoms with Crippen LogP contribution in [0.5, 0.6) is 0 Å². The van der Waals surface area contributed by atoms with E-state index < -0.39 is 0 Å². The molecule has 0 radical (unpaired) electrons. The van der Waals surface area contributed by atoms with Crippen LogP contribution in [-0.2, 0) is 4.79 Å². The number of thioether (sulfide) groups is 1. The molecule has 0 aliphatic carbocycles. The number of ketones is 1. The third kappa shape index (κ3) is 4.18. The van der Waals surface area contributed by atoms with Crippen molar-refractivity contribution in [2.24, 2.45) is 0 Å². The summed E-state index contributed by atoms with van der Waals surface area (Å²) in [6.07, 6.45) is 1.58. The molecule has 2 aromatic heterocycles. The van der Waals surface area contributed by atoms with Crippen molar-refractivity contribution in [1.82, 2.24) is 14.8 Å². The molecule has 4 rings (SSSR count). The molecule has 0 atom stereocenters. The molecule has 0 saturated heterocycles. The van der Waals surface area contributed by atoms with Crippen LogP contribution in [0, 0.1) is 0 Å². The highest BCUT2D eigenvalue weighted by molar-refractivity contribution is 7.99. The van der Waals surface area contributed by atoms with E-state index in [1.165, 1.54) is 18.7 Å². The number of aromatic nitrogens is 3. The summed E-state index contributed by atoms with van der Waals surface area (Å²) in [4.78, 5) is 24.3. The molecule has 7 nitrogen and oxygen atoms in total. The number of para-hydroxylation sites is 2. The molecule has 1 N–H and O–H groups in total. The standard InChI is InChI=1S/C22H18N4O3S/c1-15(27)17-10-5-6-11-18(17)23-20(28)14-30-22-25-24-21(19-12-7-13-29-19)26(22)16-8-3-2-4-9-16/h2-13H,14H2,1H3,(H,23,28). The second kappa shape index (κ2) is 8.79. The van der Waals surface area contributed by atoms with Crippen LogP contribution in [0.25, 0.3) is 17.3 Å². The van der Waals surface area contributed by atoms with Crippen LogP contribution >= 0.6 is 11.8 Å². The number of hydrogen-bond acceptors (Lipinski definition) is 6. The summed E-state index contributed by atoms with van der Waals surface area (Å²) >= 11 is 1.25. The Morgan fingerprint density at radius 1 is 1.00 bits per heavy atom. The second-order valence-electron chi connectivity index (χ2n) is 6.39. The topological polar surface area (TPSA) is 90.0 Å². The monoisotopic (exact) mass is 418 g/mol. The fourth-order valence-electron chi connectivity index (χ4n) is 2.95. The van der Waals surface area contributed by atoms with Crippen molar-refractivity contribution in [3.05, 3.63) is 78.6 Å². The minimum Gasteiger partial charge on any atom is -0.461 e. The van der Waals surface area contributed by atoms with Gasteiger partial charge in [-0.25, -0.2) is 0 Å². The third-order valence-electron chi connectivity index (χ3n) is 4.30. The SMILES string of the molecule is CC(=O)c1ccccc1NC(=O)CSc1nnc(-c2ccco2)n1-c1ccccc1. The first-order valence-electron chi connectivity index (χ1n) is 9.21. The Labute approximate surface area is 177 Å². The lowest BCUT2D eigenvalue weighted by atomic mass is 10.1. The Bertz CT molecular complexity index is 1170. The lowest BCUT2D eigenvalue weighted by Gasteiger charge is -2.10. The number of amides is 1. The zero-order chi connectivity index (χ0) is 20.9. The molecular formula is C22H18N4O3S. The van der Waals surface area contributed by atoms with Crippen molar-refractivity contribution >= 4 is 29.1 Å². The van der Waals surface area contributed by atoms with Gasteiger partial charge in [0.05, 0.1) is 17.7 Å². The van der Waals surface area contributed by atoms with Gasteiger partial charge in [0.1, 0.15) is 0 Å². The smallest absolute Gasteiger partial charge is 0.234 e. The van der Waals surface area contributed by atoms with Crippen LogP contribution in [0.1, 0.15) is 17.3 Å². The molecule has 4 aromatic rings. The molecular weight excluding hydrogens is 400 g/mol. The van der Waals surface area contributed by atoms with Crippen LogP contribution in [0.15, 0.2) is 82.6 Å². The quantitative estimate of drug-likeness (QED) is 0.352. The van der Waals surface area contributed by atoms with E-state index in [2.05, 4.69) is 15.5 Å². The van der Waals surface area contributed by atoms with Crippen molar-refractivity contribution in [2.45, 2.75) is 12.1 Å². The lowest BCUT2D eigenvalue weighted by molar-refractivity contribution is -0.113. The second-order valence-corrected chi connectivity index (χ2v) is 7.34. The maximum atomic E-state index is 12.5. The Balaban J connectivity index is 1.56. The zero-order valence-corrected chi connectivity index (χ0v) is 16.9. The van der Waals surface area contributed by atoms with Crippen molar-refractivity contribution in [1.29, 1.82) is 0 Å². The van der Waals surface area contributed by atoms with Crippen LogP contribution in [0.3, 0.4) is 0 Å². The summed E-state index contributed by atoms with van der Waals surface area (Å²) in [6, 6.07) is 20.2. The first-order valence-corrected chi connectivity index (χ1v) is 10.2. The highest BCUT2D eigenvalue weighted by Crippen LogP contribution is 2.28. The molecule has 1 amide bonds. The average molecular weight is 418 g/mol. The van der Waals surface area contributed by atoms with Crippen molar-refractivity contribution in [3.63, 3.8) is 0 Å². The minimum absolute atomic E-state index is 0.106. The first-order chi connectivity index (χ1) is 14.6. The number of nitrogens with zero attached hydrogens (tertiary/aromatic N) is 3. The van der Waals surface area contributed by atoms with Gasteiger partial charge in [0.15, 0.2) is 16.7 Å². The van der Waals surface area contributed by atoms with Gasteiger partial charge >= 0.3 is 0 Å². The fraction of sp³-hybridized carbons (Fsp3) is 0.0909. The summed E-state index contributed by atoms with van der Waals surface area (Å²) in [6.45, 7) is 1.47. The number of Topliss-reactive ketones (excluding diaryl/α,β-unsaturated/α-hetero) is 1. The highest BCUT2D eigenvalue weighted by Gasteiger charge is 2.19. The van der Waals surface area contributed by atoms with Gasteiger partial charge in [-0.3, -0.25) is 14.2 Å². The molecule has 0 unspecified atom stereocenters. The minimum atomic E-state index is -0.240. The maximum absolute atomic E-state index is 12.5. The van der Waals surface area contributed by atoms with Gasteiger partial charge in [-0.05, 0) is 43.3 Å². The number of benzene rings is 2. The van der Waals surface area contributed by atoms with E-state index in [4.69, 9.17) is 4.42 Å². The Morgan fingerprint density at radius 2 is 1.77 bits per heavy atom. The van der Waals surface area contributed by atoms with Crippen LogP contribution in [0.2, 0.25) is 0 Å². The fourth-order valence-corrected chi connectivity index (χ4v) is 3.71. The molecule has 0 bridgehead atoms. The van der Waals surface area contributed by atoms with Crippen LogP contribution < -0.4 is 5.32 Å². The predicted molar refractivity (Wildman–Crippen MR) is 115 cm³/mol. The van der Waals surface area contributed by atoms with E-state index in [0.717, 1.165) is 5.69 Å². The molecule has 0 aliphatic rings. The third-order valence-corrected chi connectivity index (χ3v) is 5.23.